The van der Waals surface area contributed by atoms with Gasteiger partial charge in [0, 0.05) is 19.3 Å². The lowest BCUT2D eigenvalue weighted by atomic mass is 9.95. The Morgan fingerprint density at radius 1 is 1.19 bits per heavy atom. The van der Waals surface area contributed by atoms with Gasteiger partial charge in [-0.25, -0.2) is 4.98 Å². The maximum absolute atomic E-state index is 12.2. The predicted octanol–water partition coefficient (Wildman–Crippen LogP) is 4.23. The van der Waals surface area contributed by atoms with Crippen molar-refractivity contribution < 1.29 is 4.79 Å². The fraction of sp³-hybridized carbons (Fsp3) is 0.261. The van der Waals surface area contributed by atoms with Crippen LogP contribution in [0.4, 0.5) is 23.1 Å². The summed E-state index contributed by atoms with van der Waals surface area (Å²) in [7, 11) is 1.59. The molecule has 1 aliphatic rings. The van der Waals surface area contributed by atoms with Crippen LogP contribution in [0.2, 0.25) is 5.02 Å². The highest BCUT2D eigenvalue weighted by atomic mass is 35.5. The van der Waals surface area contributed by atoms with Crippen molar-refractivity contribution in [3.63, 3.8) is 0 Å². The number of carbonyl (C=O) groups excluding carboxylic acids is 1. The van der Waals surface area contributed by atoms with E-state index in [2.05, 4.69) is 50.3 Å². The molecule has 3 aromatic rings. The van der Waals surface area contributed by atoms with Gasteiger partial charge in [0.15, 0.2) is 5.82 Å². The highest BCUT2D eigenvalue weighted by Gasteiger charge is 2.16. The first kappa shape index (κ1) is 21.1. The molecular formula is C23H25ClN6O. The SMILES string of the molecule is CNC(=O)c1ccccc1Nc1nc(Nc2ccc3c(c2)[C@@H](C)CNCC3)ncc1Cl. The molecule has 1 atom stereocenters. The zero-order valence-electron chi connectivity index (χ0n) is 17.5. The number of hydrogen-bond acceptors (Lipinski definition) is 6. The van der Waals surface area contributed by atoms with Crippen LogP contribution in [0.3, 0.4) is 0 Å². The maximum Gasteiger partial charge on any atom is 0.253 e. The van der Waals surface area contributed by atoms with Crippen LogP contribution >= 0.6 is 11.6 Å². The number of halogens is 1. The lowest BCUT2D eigenvalue weighted by Gasteiger charge is -2.15. The quantitative estimate of drug-likeness (QED) is 0.478. The van der Waals surface area contributed by atoms with Crippen molar-refractivity contribution in [2.24, 2.45) is 0 Å². The lowest BCUT2D eigenvalue weighted by Crippen LogP contribution is -2.19. The van der Waals surface area contributed by atoms with Crippen LogP contribution in [0.5, 0.6) is 0 Å². The topological polar surface area (TPSA) is 91.0 Å². The molecule has 0 fully saturated rings. The number of hydrogen-bond donors (Lipinski definition) is 4. The fourth-order valence-corrected chi connectivity index (χ4v) is 3.85. The number of aromatic nitrogens is 2. The molecule has 1 aliphatic heterocycles. The third-order valence-corrected chi connectivity index (χ3v) is 5.63. The Kier molecular flexibility index (Phi) is 6.34. The Balaban J connectivity index is 1.59. The van der Waals surface area contributed by atoms with Gasteiger partial charge < -0.3 is 21.3 Å². The second-order valence-electron chi connectivity index (χ2n) is 7.53. The molecule has 0 aliphatic carbocycles. The molecule has 8 heteroatoms. The molecule has 0 spiro atoms. The third kappa shape index (κ3) is 4.78. The van der Waals surface area contributed by atoms with Gasteiger partial charge in [0.1, 0.15) is 5.02 Å². The van der Waals surface area contributed by atoms with Gasteiger partial charge in [-0.3, -0.25) is 4.79 Å². The summed E-state index contributed by atoms with van der Waals surface area (Å²) in [5.74, 6) is 1.08. The summed E-state index contributed by atoms with van der Waals surface area (Å²) < 4.78 is 0. The second kappa shape index (κ2) is 9.32. The van der Waals surface area contributed by atoms with Crippen molar-refractivity contribution in [2.45, 2.75) is 19.3 Å². The van der Waals surface area contributed by atoms with Gasteiger partial charge in [0.05, 0.1) is 17.4 Å². The summed E-state index contributed by atoms with van der Waals surface area (Å²) in [6, 6.07) is 13.6. The van der Waals surface area contributed by atoms with Crippen LogP contribution in [-0.4, -0.2) is 36.0 Å². The minimum atomic E-state index is -0.194. The first-order valence-corrected chi connectivity index (χ1v) is 10.6. The maximum atomic E-state index is 12.2. The zero-order valence-corrected chi connectivity index (χ0v) is 18.3. The van der Waals surface area contributed by atoms with Crippen LogP contribution in [0.1, 0.15) is 34.3 Å². The molecule has 2 aromatic carbocycles. The Morgan fingerprint density at radius 2 is 2.03 bits per heavy atom. The Bertz CT molecular complexity index is 1100. The van der Waals surface area contributed by atoms with Gasteiger partial charge in [-0.15, -0.1) is 0 Å². The molecule has 0 bridgehead atoms. The summed E-state index contributed by atoms with van der Waals surface area (Å²) in [5.41, 5.74) is 4.74. The monoisotopic (exact) mass is 436 g/mol. The minimum Gasteiger partial charge on any atom is -0.355 e. The average Bonchev–Trinajstić information content (AvgIpc) is 2.97. The standard InChI is InChI=1S/C23H25ClN6O/c1-14-12-26-10-9-15-7-8-16(11-18(14)15)28-23-27-13-19(24)21(30-23)29-20-6-4-3-5-17(20)22(31)25-2/h3-8,11,13-14,26H,9-10,12H2,1-2H3,(H,25,31)(H2,27,28,29,30)/t14-/m0/s1. The van der Waals surface area contributed by atoms with E-state index in [0.29, 0.717) is 34.0 Å². The zero-order chi connectivity index (χ0) is 21.8. The molecule has 31 heavy (non-hydrogen) atoms. The van der Waals surface area contributed by atoms with Gasteiger partial charge in [0.2, 0.25) is 5.95 Å². The van der Waals surface area contributed by atoms with Crippen molar-refractivity contribution in [1.29, 1.82) is 0 Å². The van der Waals surface area contributed by atoms with E-state index < -0.39 is 0 Å². The number of rotatable bonds is 5. The van der Waals surface area contributed by atoms with E-state index >= 15 is 0 Å². The fourth-order valence-electron chi connectivity index (χ4n) is 3.71. The molecule has 0 saturated carbocycles. The molecule has 1 amide bonds. The minimum absolute atomic E-state index is 0.194. The van der Waals surface area contributed by atoms with Gasteiger partial charge in [0.25, 0.3) is 5.91 Å². The van der Waals surface area contributed by atoms with Crippen molar-refractivity contribution in [1.82, 2.24) is 20.6 Å². The molecule has 7 nitrogen and oxygen atoms in total. The number of carbonyl (C=O) groups is 1. The molecule has 0 radical (unpaired) electrons. The Morgan fingerprint density at radius 3 is 2.87 bits per heavy atom. The molecule has 1 aromatic heterocycles. The summed E-state index contributed by atoms with van der Waals surface area (Å²) in [4.78, 5) is 21.0. The summed E-state index contributed by atoms with van der Waals surface area (Å²) in [5, 5.41) is 12.9. The van der Waals surface area contributed by atoms with E-state index in [1.807, 2.05) is 12.1 Å². The molecule has 0 saturated heterocycles. The number of nitrogens with one attached hydrogen (secondary N) is 4. The molecule has 0 unspecified atom stereocenters. The molecule has 2 heterocycles. The highest BCUT2D eigenvalue weighted by molar-refractivity contribution is 6.33. The van der Waals surface area contributed by atoms with Gasteiger partial charge in [-0.2, -0.15) is 4.98 Å². The van der Waals surface area contributed by atoms with E-state index in [0.717, 1.165) is 25.2 Å². The van der Waals surface area contributed by atoms with Crippen LogP contribution in [0.25, 0.3) is 0 Å². The molecule has 4 rings (SSSR count). The predicted molar refractivity (Wildman–Crippen MR) is 125 cm³/mol. The van der Waals surface area contributed by atoms with Crippen LogP contribution < -0.4 is 21.3 Å². The van der Waals surface area contributed by atoms with Crippen LogP contribution in [0, 0.1) is 0 Å². The van der Waals surface area contributed by atoms with E-state index in [9.17, 15) is 4.79 Å². The van der Waals surface area contributed by atoms with Gasteiger partial charge in [-0.05, 0) is 54.3 Å². The lowest BCUT2D eigenvalue weighted by molar-refractivity contribution is 0.0964. The average molecular weight is 437 g/mol. The van der Waals surface area contributed by atoms with Crippen molar-refractivity contribution in [3.8, 4) is 0 Å². The normalized spacial score (nSPS) is 15.5. The largest absolute Gasteiger partial charge is 0.355 e. The molecule has 4 N–H and O–H groups in total. The summed E-state index contributed by atoms with van der Waals surface area (Å²) in [6.45, 7) is 4.19. The van der Waals surface area contributed by atoms with Crippen molar-refractivity contribution in [3.05, 3.63) is 70.4 Å². The highest BCUT2D eigenvalue weighted by Crippen LogP contribution is 2.29. The van der Waals surface area contributed by atoms with Crippen molar-refractivity contribution in [2.75, 3.05) is 30.8 Å². The smallest absolute Gasteiger partial charge is 0.253 e. The third-order valence-electron chi connectivity index (χ3n) is 5.35. The Hall–Kier alpha value is -3.16. The van der Waals surface area contributed by atoms with E-state index in [1.54, 1.807) is 25.2 Å². The first-order chi connectivity index (χ1) is 15.0. The van der Waals surface area contributed by atoms with E-state index in [-0.39, 0.29) is 5.91 Å². The van der Waals surface area contributed by atoms with Crippen LogP contribution in [0.15, 0.2) is 48.7 Å². The number of benzene rings is 2. The number of anilines is 4. The Labute approximate surface area is 186 Å². The summed E-state index contributed by atoms with van der Waals surface area (Å²) in [6.07, 6.45) is 2.56. The van der Waals surface area contributed by atoms with Crippen molar-refractivity contribution >= 4 is 40.6 Å². The number of amides is 1. The molecule has 160 valence electrons. The second-order valence-corrected chi connectivity index (χ2v) is 7.94. The number of fused-ring (bicyclic) bond motifs is 1. The van der Waals surface area contributed by atoms with Gasteiger partial charge >= 0.3 is 0 Å². The van der Waals surface area contributed by atoms with Crippen LogP contribution in [-0.2, 0) is 6.42 Å². The molecular weight excluding hydrogens is 412 g/mol. The van der Waals surface area contributed by atoms with Gasteiger partial charge in [-0.1, -0.05) is 36.7 Å². The van der Waals surface area contributed by atoms with E-state index in [4.69, 9.17) is 11.6 Å². The summed E-state index contributed by atoms with van der Waals surface area (Å²) >= 11 is 6.32. The first-order valence-electron chi connectivity index (χ1n) is 10.3. The number of nitrogens with zero attached hydrogens (tertiary/aromatic N) is 2. The van der Waals surface area contributed by atoms with E-state index in [1.165, 1.54) is 17.3 Å². The number of para-hydroxylation sites is 1.